The molecule has 0 aliphatic rings. The molecule has 1 unspecified atom stereocenters. The molecule has 0 aliphatic carbocycles. The Hall–Kier alpha value is -2.51. The number of carbonyl (C=O) groups is 1. The van der Waals surface area contributed by atoms with E-state index in [0.717, 1.165) is 5.69 Å². The number of aromatic carboxylic acids is 1. The second-order valence-corrected chi connectivity index (χ2v) is 3.75. The molecule has 0 fully saturated rings. The zero-order valence-corrected chi connectivity index (χ0v) is 9.90. The van der Waals surface area contributed by atoms with Crippen LogP contribution in [-0.2, 0) is 7.05 Å². The normalized spacial score (nSPS) is 12.1. The number of nitrogens with one attached hydrogen (secondary N) is 1. The van der Waals surface area contributed by atoms with Crippen molar-refractivity contribution in [1.29, 1.82) is 0 Å². The average Bonchev–Trinajstić information content (AvgIpc) is 2.76. The highest BCUT2D eigenvalue weighted by atomic mass is 16.4. The summed E-state index contributed by atoms with van der Waals surface area (Å²) in [4.78, 5) is 18.6. The lowest BCUT2D eigenvalue weighted by Crippen LogP contribution is -2.12. The van der Waals surface area contributed by atoms with E-state index >= 15 is 0 Å². The Balaban J connectivity index is 2.14. The van der Waals surface area contributed by atoms with Gasteiger partial charge in [0.05, 0.1) is 12.2 Å². The van der Waals surface area contributed by atoms with Crippen molar-refractivity contribution in [3.63, 3.8) is 0 Å². The molecule has 94 valence electrons. The van der Waals surface area contributed by atoms with E-state index in [0.29, 0.717) is 0 Å². The molecule has 2 aromatic heterocycles. The van der Waals surface area contributed by atoms with Crippen molar-refractivity contribution < 1.29 is 9.90 Å². The van der Waals surface area contributed by atoms with Crippen LogP contribution in [0.1, 0.15) is 29.1 Å². The van der Waals surface area contributed by atoms with Crippen molar-refractivity contribution in [1.82, 2.24) is 25.0 Å². The van der Waals surface area contributed by atoms with Gasteiger partial charge in [0.1, 0.15) is 5.69 Å². The number of hydrogen-bond donors (Lipinski definition) is 2. The first-order chi connectivity index (χ1) is 8.56. The Bertz CT molecular complexity index is 567. The largest absolute Gasteiger partial charge is 0.477 e. The molecule has 2 rings (SSSR count). The number of hydrogen-bond acceptors (Lipinski definition) is 6. The number of carboxylic acids is 1. The molecular formula is C10H12N6O2. The highest BCUT2D eigenvalue weighted by Crippen LogP contribution is 2.13. The summed E-state index contributed by atoms with van der Waals surface area (Å²) >= 11 is 0. The highest BCUT2D eigenvalue weighted by molar-refractivity contribution is 5.85. The number of anilines is 1. The van der Waals surface area contributed by atoms with Crippen molar-refractivity contribution in [3.8, 4) is 0 Å². The molecule has 8 heteroatoms. The lowest BCUT2D eigenvalue weighted by molar-refractivity contribution is 0.0690. The Labute approximate surface area is 103 Å². The zero-order chi connectivity index (χ0) is 13.1. The maximum Gasteiger partial charge on any atom is 0.354 e. The van der Waals surface area contributed by atoms with Crippen LogP contribution in [0.15, 0.2) is 18.5 Å². The minimum atomic E-state index is -1.09. The highest BCUT2D eigenvalue weighted by Gasteiger charge is 2.12. The lowest BCUT2D eigenvalue weighted by Gasteiger charge is -2.10. The predicted molar refractivity (Wildman–Crippen MR) is 62.0 cm³/mol. The van der Waals surface area contributed by atoms with Crippen molar-refractivity contribution in [2.24, 2.45) is 7.05 Å². The summed E-state index contributed by atoms with van der Waals surface area (Å²) in [5.41, 5.74) is 0.667. The van der Waals surface area contributed by atoms with Gasteiger partial charge in [-0.3, -0.25) is 4.68 Å². The monoisotopic (exact) mass is 248 g/mol. The summed E-state index contributed by atoms with van der Waals surface area (Å²) in [6.07, 6.45) is 3.15. The van der Waals surface area contributed by atoms with Crippen molar-refractivity contribution in [2.45, 2.75) is 13.0 Å². The molecule has 0 saturated carbocycles. The molecule has 2 N–H and O–H groups in total. The summed E-state index contributed by atoms with van der Waals surface area (Å²) in [5.74, 6) is -0.847. The van der Waals surface area contributed by atoms with E-state index in [1.807, 2.05) is 6.92 Å². The molecule has 0 spiro atoms. The quantitative estimate of drug-likeness (QED) is 0.810. The van der Waals surface area contributed by atoms with Gasteiger partial charge in [0, 0.05) is 13.2 Å². The first-order valence-corrected chi connectivity index (χ1v) is 5.25. The predicted octanol–water partition coefficient (Wildman–Crippen LogP) is 0.476. The topological polar surface area (TPSA) is 106 Å². The van der Waals surface area contributed by atoms with E-state index in [4.69, 9.17) is 5.11 Å². The van der Waals surface area contributed by atoms with Crippen LogP contribution in [0.3, 0.4) is 0 Å². The molecule has 0 radical (unpaired) electrons. The van der Waals surface area contributed by atoms with Gasteiger partial charge in [-0.05, 0) is 13.0 Å². The van der Waals surface area contributed by atoms with Crippen LogP contribution in [0.4, 0.5) is 5.95 Å². The van der Waals surface area contributed by atoms with E-state index in [1.165, 1.54) is 12.3 Å². The zero-order valence-electron chi connectivity index (χ0n) is 9.90. The van der Waals surface area contributed by atoms with Crippen LogP contribution in [-0.4, -0.2) is 36.0 Å². The van der Waals surface area contributed by atoms with E-state index in [1.54, 1.807) is 17.9 Å². The minimum absolute atomic E-state index is 0.0566. The van der Waals surface area contributed by atoms with Gasteiger partial charge in [0.15, 0.2) is 5.69 Å². The SMILES string of the molecule is CC(Nc1nccc(C(=O)O)n1)c1cn(C)nn1. The van der Waals surface area contributed by atoms with Crippen LogP contribution >= 0.6 is 0 Å². The Kier molecular flexibility index (Phi) is 3.18. The first kappa shape index (κ1) is 12.0. The summed E-state index contributed by atoms with van der Waals surface area (Å²) < 4.78 is 1.59. The number of aromatic nitrogens is 5. The fourth-order valence-electron chi connectivity index (χ4n) is 1.38. The van der Waals surface area contributed by atoms with Gasteiger partial charge in [-0.1, -0.05) is 5.21 Å². The molecule has 18 heavy (non-hydrogen) atoms. The third-order valence-corrected chi connectivity index (χ3v) is 2.28. The van der Waals surface area contributed by atoms with Gasteiger partial charge in [-0.2, -0.15) is 0 Å². The van der Waals surface area contributed by atoms with Crippen molar-refractivity contribution in [3.05, 3.63) is 29.8 Å². The Morgan fingerprint density at radius 1 is 1.56 bits per heavy atom. The van der Waals surface area contributed by atoms with Gasteiger partial charge >= 0.3 is 5.97 Å². The second kappa shape index (κ2) is 4.78. The first-order valence-electron chi connectivity index (χ1n) is 5.25. The minimum Gasteiger partial charge on any atom is -0.477 e. The van der Waals surface area contributed by atoms with Crippen LogP contribution in [0.5, 0.6) is 0 Å². The second-order valence-electron chi connectivity index (χ2n) is 3.75. The van der Waals surface area contributed by atoms with Gasteiger partial charge in [-0.25, -0.2) is 14.8 Å². The van der Waals surface area contributed by atoms with Crippen molar-refractivity contribution >= 4 is 11.9 Å². The van der Waals surface area contributed by atoms with E-state index in [-0.39, 0.29) is 17.7 Å². The van der Waals surface area contributed by atoms with Crippen LogP contribution in [0.2, 0.25) is 0 Å². The third kappa shape index (κ3) is 2.59. The van der Waals surface area contributed by atoms with Crippen molar-refractivity contribution in [2.75, 3.05) is 5.32 Å². The number of carboxylic acid groups (broad SMARTS) is 1. The van der Waals surface area contributed by atoms with Gasteiger partial charge in [0.2, 0.25) is 5.95 Å². The maximum absolute atomic E-state index is 10.8. The van der Waals surface area contributed by atoms with Crippen LogP contribution in [0, 0.1) is 0 Å². The van der Waals surface area contributed by atoms with Gasteiger partial charge in [-0.15, -0.1) is 5.10 Å². The molecule has 1 atom stereocenters. The van der Waals surface area contributed by atoms with Gasteiger partial charge in [0.25, 0.3) is 0 Å². The maximum atomic E-state index is 10.8. The lowest BCUT2D eigenvalue weighted by atomic mass is 10.2. The molecule has 2 aromatic rings. The number of aryl methyl sites for hydroxylation is 1. The molecule has 0 aliphatic heterocycles. The molecule has 0 aromatic carbocycles. The molecule has 2 heterocycles. The number of rotatable bonds is 4. The van der Waals surface area contributed by atoms with Crippen LogP contribution in [0.25, 0.3) is 0 Å². The fraction of sp³-hybridized carbons (Fsp3) is 0.300. The van der Waals surface area contributed by atoms with E-state index in [9.17, 15) is 4.79 Å². The third-order valence-electron chi connectivity index (χ3n) is 2.28. The molecular weight excluding hydrogens is 236 g/mol. The summed E-state index contributed by atoms with van der Waals surface area (Å²) in [6, 6.07) is 1.17. The molecule has 0 amide bonds. The molecule has 8 nitrogen and oxygen atoms in total. The summed E-state index contributed by atoms with van der Waals surface area (Å²) in [5, 5.41) is 19.6. The number of nitrogens with zero attached hydrogens (tertiary/aromatic N) is 5. The average molecular weight is 248 g/mol. The Morgan fingerprint density at radius 2 is 2.33 bits per heavy atom. The summed E-state index contributed by atoms with van der Waals surface area (Å²) in [7, 11) is 1.77. The smallest absolute Gasteiger partial charge is 0.354 e. The summed E-state index contributed by atoms with van der Waals surface area (Å²) in [6.45, 7) is 1.86. The Morgan fingerprint density at radius 3 is 2.94 bits per heavy atom. The van der Waals surface area contributed by atoms with E-state index < -0.39 is 5.97 Å². The van der Waals surface area contributed by atoms with Crippen LogP contribution < -0.4 is 5.32 Å². The van der Waals surface area contributed by atoms with E-state index in [2.05, 4.69) is 25.6 Å². The standard InChI is InChI=1S/C10H12N6O2/c1-6(8-5-16(2)15-14-8)12-10-11-4-3-7(13-10)9(17)18/h3-6H,1-2H3,(H,17,18)(H,11,12,13). The molecule has 0 bridgehead atoms. The fourth-order valence-corrected chi connectivity index (χ4v) is 1.38. The van der Waals surface area contributed by atoms with Gasteiger partial charge < -0.3 is 10.4 Å². The molecule has 0 saturated heterocycles.